The Morgan fingerprint density at radius 1 is 1.53 bits per heavy atom. The van der Waals surface area contributed by atoms with Gasteiger partial charge in [-0.05, 0) is 25.2 Å². The Hall–Kier alpha value is -1.60. The maximum Gasteiger partial charge on any atom is 0.147 e. The van der Waals surface area contributed by atoms with Crippen molar-refractivity contribution in [3.05, 3.63) is 29.6 Å². The molecule has 4 heteroatoms. The molecular weight excluding hydrogens is 193 g/mol. The van der Waals surface area contributed by atoms with E-state index in [4.69, 9.17) is 5.26 Å². The summed E-state index contributed by atoms with van der Waals surface area (Å²) in [6.45, 7) is 1.51. The molecule has 0 aromatic heterocycles. The average molecular weight is 207 g/mol. The molecule has 0 saturated carbocycles. The number of hydrogen-bond acceptors (Lipinski definition) is 3. The SMILES string of the molecule is CNCCN(C)c1ccc(C#N)cc1F. The van der Waals surface area contributed by atoms with Crippen molar-refractivity contribution in [1.29, 1.82) is 5.26 Å². The highest BCUT2D eigenvalue weighted by Crippen LogP contribution is 2.18. The molecule has 3 nitrogen and oxygen atoms in total. The first-order valence-electron chi connectivity index (χ1n) is 4.74. The van der Waals surface area contributed by atoms with Gasteiger partial charge < -0.3 is 10.2 Å². The van der Waals surface area contributed by atoms with E-state index in [0.717, 1.165) is 13.1 Å². The molecule has 0 fully saturated rings. The number of benzene rings is 1. The molecule has 0 bridgehead atoms. The maximum atomic E-state index is 13.5. The minimum Gasteiger partial charge on any atom is -0.371 e. The molecular formula is C11H14FN3. The van der Waals surface area contributed by atoms with E-state index in [1.807, 2.05) is 25.1 Å². The van der Waals surface area contributed by atoms with Gasteiger partial charge in [0.05, 0.1) is 17.3 Å². The third-order valence-corrected chi connectivity index (χ3v) is 2.19. The van der Waals surface area contributed by atoms with Crippen molar-refractivity contribution in [2.24, 2.45) is 0 Å². The lowest BCUT2D eigenvalue weighted by Crippen LogP contribution is -2.27. The van der Waals surface area contributed by atoms with Crippen molar-refractivity contribution in [2.75, 3.05) is 32.1 Å². The molecule has 1 aromatic carbocycles. The van der Waals surface area contributed by atoms with Crippen molar-refractivity contribution in [3.8, 4) is 6.07 Å². The zero-order valence-corrected chi connectivity index (χ0v) is 8.92. The molecule has 0 heterocycles. The molecule has 0 aliphatic heterocycles. The minimum absolute atomic E-state index is 0.346. The molecule has 1 rings (SSSR count). The lowest BCUT2D eigenvalue weighted by atomic mass is 10.2. The molecule has 0 aliphatic rings. The summed E-state index contributed by atoms with van der Waals surface area (Å²) in [5, 5.41) is 11.6. The molecule has 0 atom stereocenters. The summed E-state index contributed by atoms with van der Waals surface area (Å²) in [7, 11) is 3.67. The molecule has 0 radical (unpaired) electrons. The van der Waals surface area contributed by atoms with Gasteiger partial charge in [0.2, 0.25) is 0 Å². The zero-order valence-electron chi connectivity index (χ0n) is 8.92. The normalized spacial score (nSPS) is 9.73. The van der Waals surface area contributed by atoms with E-state index in [1.54, 1.807) is 12.1 Å². The summed E-state index contributed by atoms with van der Waals surface area (Å²) in [6, 6.07) is 6.41. The lowest BCUT2D eigenvalue weighted by Gasteiger charge is -2.19. The monoisotopic (exact) mass is 207 g/mol. The second kappa shape index (κ2) is 5.32. The number of hydrogen-bond donors (Lipinski definition) is 1. The van der Waals surface area contributed by atoms with E-state index in [-0.39, 0.29) is 5.82 Å². The third kappa shape index (κ3) is 2.93. The first kappa shape index (κ1) is 11.5. The Bertz CT molecular complexity index is 371. The summed E-state index contributed by atoms with van der Waals surface area (Å²) in [6.07, 6.45) is 0. The van der Waals surface area contributed by atoms with Gasteiger partial charge >= 0.3 is 0 Å². The summed E-state index contributed by atoms with van der Waals surface area (Å²) in [5.74, 6) is -0.354. The van der Waals surface area contributed by atoms with E-state index in [0.29, 0.717) is 11.3 Å². The van der Waals surface area contributed by atoms with Gasteiger partial charge in [-0.2, -0.15) is 5.26 Å². The Labute approximate surface area is 89.1 Å². The van der Waals surface area contributed by atoms with Gasteiger partial charge in [0.25, 0.3) is 0 Å². The largest absolute Gasteiger partial charge is 0.371 e. The number of rotatable bonds is 4. The number of anilines is 1. The third-order valence-electron chi connectivity index (χ3n) is 2.19. The van der Waals surface area contributed by atoms with E-state index in [9.17, 15) is 4.39 Å². The fourth-order valence-electron chi connectivity index (χ4n) is 1.29. The van der Waals surface area contributed by atoms with Crippen LogP contribution >= 0.6 is 0 Å². The van der Waals surface area contributed by atoms with Crippen molar-refractivity contribution >= 4 is 5.69 Å². The molecule has 0 aliphatic carbocycles. The van der Waals surface area contributed by atoms with E-state index in [2.05, 4.69) is 5.32 Å². The average Bonchev–Trinajstić information content (AvgIpc) is 2.25. The summed E-state index contributed by atoms with van der Waals surface area (Å²) < 4.78 is 13.5. The van der Waals surface area contributed by atoms with Crippen molar-refractivity contribution in [3.63, 3.8) is 0 Å². The number of nitrogens with zero attached hydrogens (tertiary/aromatic N) is 2. The van der Waals surface area contributed by atoms with Crippen LogP contribution < -0.4 is 10.2 Å². The molecule has 0 amide bonds. The summed E-state index contributed by atoms with van der Waals surface area (Å²) >= 11 is 0. The van der Waals surface area contributed by atoms with Crippen LogP contribution in [0.2, 0.25) is 0 Å². The first-order valence-corrected chi connectivity index (χ1v) is 4.74. The molecule has 80 valence electrons. The quantitative estimate of drug-likeness (QED) is 0.810. The van der Waals surface area contributed by atoms with Crippen LogP contribution in [-0.2, 0) is 0 Å². The topological polar surface area (TPSA) is 39.1 Å². The molecule has 0 unspecified atom stereocenters. The van der Waals surface area contributed by atoms with Gasteiger partial charge in [0.15, 0.2) is 0 Å². The van der Waals surface area contributed by atoms with Crippen LogP contribution in [0.25, 0.3) is 0 Å². The highest BCUT2D eigenvalue weighted by molar-refractivity contribution is 5.50. The second-order valence-corrected chi connectivity index (χ2v) is 3.30. The number of nitrogens with one attached hydrogen (secondary N) is 1. The lowest BCUT2D eigenvalue weighted by molar-refractivity contribution is 0.620. The van der Waals surface area contributed by atoms with Gasteiger partial charge in [-0.25, -0.2) is 4.39 Å². The Morgan fingerprint density at radius 2 is 2.27 bits per heavy atom. The van der Waals surface area contributed by atoms with Crippen LogP contribution in [0.5, 0.6) is 0 Å². The van der Waals surface area contributed by atoms with E-state index in [1.165, 1.54) is 6.07 Å². The Kier molecular flexibility index (Phi) is 4.07. The van der Waals surface area contributed by atoms with Crippen LogP contribution in [0.3, 0.4) is 0 Å². The Balaban J connectivity index is 2.82. The fraction of sp³-hybridized carbons (Fsp3) is 0.364. The van der Waals surface area contributed by atoms with E-state index < -0.39 is 0 Å². The van der Waals surface area contributed by atoms with Crippen molar-refractivity contribution < 1.29 is 4.39 Å². The van der Waals surface area contributed by atoms with Gasteiger partial charge in [0, 0.05) is 20.1 Å². The number of halogens is 1. The summed E-state index contributed by atoms with van der Waals surface area (Å²) in [5.41, 5.74) is 0.863. The van der Waals surface area contributed by atoms with Crippen molar-refractivity contribution in [1.82, 2.24) is 5.32 Å². The Morgan fingerprint density at radius 3 is 2.80 bits per heavy atom. The van der Waals surface area contributed by atoms with Crippen LogP contribution in [0.15, 0.2) is 18.2 Å². The molecule has 1 aromatic rings. The fourth-order valence-corrected chi connectivity index (χ4v) is 1.29. The van der Waals surface area contributed by atoms with E-state index >= 15 is 0 Å². The van der Waals surface area contributed by atoms with Crippen LogP contribution in [0, 0.1) is 17.1 Å². The maximum absolute atomic E-state index is 13.5. The molecule has 0 spiro atoms. The van der Waals surface area contributed by atoms with Gasteiger partial charge in [-0.1, -0.05) is 0 Å². The highest BCUT2D eigenvalue weighted by atomic mass is 19.1. The van der Waals surface area contributed by atoms with Gasteiger partial charge in [0.1, 0.15) is 5.82 Å². The smallest absolute Gasteiger partial charge is 0.147 e. The van der Waals surface area contributed by atoms with Gasteiger partial charge in [-0.15, -0.1) is 0 Å². The molecule has 15 heavy (non-hydrogen) atoms. The van der Waals surface area contributed by atoms with Crippen LogP contribution in [-0.4, -0.2) is 27.2 Å². The van der Waals surface area contributed by atoms with Crippen molar-refractivity contribution in [2.45, 2.75) is 0 Å². The number of nitriles is 1. The highest BCUT2D eigenvalue weighted by Gasteiger charge is 2.07. The summed E-state index contributed by atoms with van der Waals surface area (Å²) in [4.78, 5) is 1.81. The zero-order chi connectivity index (χ0) is 11.3. The first-order chi connectivity index (χ1) is 7.19. The molecule has 1 N–H and O–H groups in total. The number of likely N-dealkylation sites (N-methyl/N-ethyl adjacent to an activating group) is 2. The predicted molar refractivity (Wildman–Crippen MR) is 58.3 cm³/mol. The minimum atomic E-state index is -0.354. The van der Waals surface area contributed by atoms with Crippen LogP contribution in [0.4, 0.5) is 10.1 Å². The second-order valence-electron chi connectivity index (χ2n) is 3.30. The standard InChI is InChI=1S/C11H14FN3/c1-14-5-6-15(2)11-4-3-9(8-13)7-10(11)12/h3-4,7,14H,5-6H2,1-2H3. The van der Waals surface area contributed by atoms with Gasteiger partial charge in [-0.3, -0.25) is 0 Å². The van der Waals surface area contributed by atoms with Crippen LogP contribution in [0.1, 0.15) is 5.56 Å². The molecule has 0 saturated heterocycles. The predicted octanol–water partition coefficient (Wildman–Crippen LogP) is 1.35.